The minimum absolute atomic E-state index is 0.938. The predicted molar refractivity (Wildman–Crippen MR) is 104 cm³/mol. The van der Waals surface area contributed by atoms with Crippen LogP contribution < -0.4 is 0 Å². The summed E-state index contributed by atoms with van der Waals surface area (Å²) in [6.07, 6.45) is 19.6. The monoisotopic (exact) mass is 328 g/mol. The van der Waals surface area contributed by atoms with Gasteiger partial charge in [0.15, 0.2) is 0 Å². The van der Waals surface area contributed by atoms with E-state index in [1.165, 1.54) is 96.4 Å². The fourth-order valence-corrected chi connectivity index (χ4v) is 2.96. The number of rotatable bonds is 18. The molecule has 0 atom stereocenters. The highest BCUT2D eigenvalue weighted by Gasteiger charge is 2.05. The molecule has 0 amide bonds. The van der Waals surface area contributed by atoms with E-state index in [0.29, 0.717) is 0 Å². The van der Waals surface area contributed by atoms with Crippen LogP contribution in [0.15, 0.2) is 0 Å². The number of hydrogen-bond donors (Lipinski definition) is 0. The van der Waals surface area contributed by atoms with Crippen LogP contribution in [0.25, 0.3) is 0 Å². The van der Waals surface area contributed by atoms with Crippen molar-refractivity contribution < 1.29 is 9.22 Å². The normalized spacial score (nSPS) is 12.0. The third kappa shape index (κ3) is 21.9. The molecule has 0 aliphatic heterocycles. The van der Waals surface area contributed by atoms with Crippen LogP contribution in [-0.4, -0.2) is 45.4 Å². The van der Waals surface area contributed by atoms with Crippen LogP contribution >= 0.6 is 0 Å². The van der Waals surface area contributed by atoms with Gasteiger partial charge in [0, 0.05) is 13.0 Å². The molecular formula is C21H46NO+. The largest absolute Gasteiger partial charge is 0.381 e. The predicted octanol–water partition coefficient (Wildman–Crippen LogP) is 6.19. The van der Waals surface area contributed by atoms with Gasteiger partial charge < -0.3 is 9.22 Å². The van der Waals surface area contributed by atoms with E-state index in [0.717, 1.165) is 17.7 Å². The van der Waals surface area contributed by atoms with Crippen LogP contribution in [0.4, 0.5) is 0 Å². The first-order chi connectivity index (χ1) is 11.1. The first kappa shape index (κ1) is 22.9. The van der Waals surface area contributed by atoms with Crippen molar-refractivity contribution in [2.45, 2.75) is 96.8 Å². The summed E-state index contributed by atoms with van der Waals surface area (Å²) in [6.45, 7) is 5.40. The van der Waals surface area contributed by atoms with Crippen molar-refractivity contribution in [3.05, 3.63) is 0 Å². The van der Waals surface area contributed by atoms with E-state index in [-0.39, 0.29) is 0 Å². The van der Waals surface area contributed by atoms with Gasteiger partial charge in [0.25, 0.3) is 0 Å². The lowest BCUT2D eigenvalue weighted by Crippen LogP contribution is -2.35. The summed E-state index contributed by atoms with van der Waals surface area (Å²) in [7, 11) is 6.73. The van der Waals surface area contributed by atoms with E-state index >= 15 is 0 Å². The summed E-state index contributed by atoms with van der Waals surface area (Å²) < 4.78 is 6.76. The molecule has 0 saturated carbocycles. The highest BCUT2D eigenvalue weighted by atomic mass is 16.5. The number of hydrogen-bond acceptors (Lipinski definition) is 1. The maximum Gasteiger partial charge on any atom is 0.0802 e. The Hall–Kier alpha value is -0.0800. The van der Waals surface area contributed by atoms with E-state index in [1.54, 1.807) is 0 Å². The molecule has 0 fully saturated rings. The molecule has 0 N–H and O–H groups in total. The van der Waals surface area contributed by atoms with Crippen LogP contribution in [0.2, 0.25) is 0 Å². The lowest BCUT2D eigenvalue weighted by atomic mass is 10.0. The average Bonchev–Trinajstić information content (AvgIpc) is 2.49. The molecule has 0 saturated heterocycles. The van der Waals surface area contributed by atoms with E-state index in [1.807, 2.05) is 0 Å². The maximum atomic E-state index is 5.72. The molecule has 0 bridgehead atoms. The zero-order valence-corrected chi connectivity index (χ0v) is 16.9. The summed E-state index contributed by atoms with van der Waals surface area (Å²) in [5.74, 6) is 0. The summed E-state index contributed by atoms with van der Waals surface area (Å²) >= 11 is 0. The van der Waals surface area contributed by atoms with Gasteiger partial charge in [0.05, 0.1) is 34.3 Å². The molecule has 0 rings (SSSR count). The lowest BCUT2D eigenvalue weighted by molar-refractivity contribution is -0.870. The second-order valence-electron chi connectivity index (χ2n) is 8.22. The van der Waals surface area contributed by atoms with Gasteiger partial charge in [-0.05, 0) is 6.42 Å². The van der Waals surface area contributed by atoms with Crippen LogP contribution in [0.1, 0.15) is 96.8 Å². The Kier molecular flexibility index (Phi) is 16.7. The SMILES string of the molecule is CCCCCCCCCCCCCCCOCCC[N+](C)(C)C. The maximum absolute atomic E-state index is 5.72. The highest BCUT2D eigenvalue weighted by Crippen LogP contribution is 2.12. The van der Waals surface area contributed by atoms with Crippen LogP contribution in [0, 0.1) is 0 Å². The molecule has 0 radical (unpaired) electrons. The summed E-state index contributed by atoms with van der Waals surface area (Å²) in [6, 6.07) is 0. The first-order valence-electron chi connectivity index (χ1n) is 10.4. The molecule has 2 nitrogen and oxygen atoms in total. The van der Waals surface area contributed by atoms with E-state index in [2.05, 4.69) is 28.1 Å². The Morgan fingerprint density at radius 2 is 0.913 bits per heavy atom. The molecule has 0 aromatic rings. The van der Waals surface area contributed by atoms with Gasteiger partial charge >= 0.3 is 0 Å². The third-order valence-corrected chi connectivity index (χ3v) is 4.51. The topological polar surface area (TPSA) is 9.23 Å². The van der Waals surface area contributed by atoms with Crippen molar-refractivity contribution >= 4 is 0 Å². The summed E-state index contributed by atoms with van der Waals surface area (Å²) in [5, 5.41) is 0. The first-order valence-corrected chi connectivity index (χ1v) is 10.4. The van der Waals surface area contributed by atoms with Gasteiger partial charge in [0.1, 0.15) is 0 Å². The molecule has 0 aromatic carbocycles. The van der Waals surface area contributed by atoms with Gasteiger partial charge in [-0.2, -0.15) is 0 Å². The summed E-state index contributed by atoms with van der Waals surface area (Å²) in [5.41, 5.74) is 0. The fraction of sp³-hybridized carbons (Fsp3) is 1.00. The zero-order valence-electron chi connectivity index (χ0n) is 16.9. The van der Waals surface area contributed by atoms with Gasteiger partial charge in [-0.25, -0.2) is 0 Å². The molecule has 0 unspecified atom stereocenters. The molecule has 0 aliphatic carbocycles. The Balaban J connectivity index is 3.00. The van der Waals surface area contributed by atoms with Crippen molar-refractivity contribution in [1.29, 1.82) is 0 Å². The molecule has 0 spiro atoms. The van der Waals surface area contributed by atoms with E-state index < -0.39 is 0 Å². The Morgan fingerprint density at radius 1 is 0.522 bits per heavy atom. The van der Waals surface area contributed by atoms with Crippen molar-refractivity contribution in [2.75, 3.05) is 40.9 Å². The fourth-order valence-electron chi connectivity index (χ4n) is 2.96. The molecular weight excluding hydrogens is 282 g/mol. The van der Waals surface area contributed by atoms with Gasteiger partial charge in [0.2, 0.25) is 0 Å². The Labute approximate surface area is 147 Å². The van der Waals surface area contributed by atoms with Crippen LogP contribution in [-0.2, 0) is 4.74 Å². The van der Waals surface area contributed by atoms with Crippen molar-refractivity contribution in [1.82, 2.24) is 0 Å². The minimum atomic E-state index is 0.938. The standard InChI is InChI=1S/C21H46NO/c1-5-6-7-8-9-10-11-12-13-14-15-16-17-20-23-21-18-19-22(2,3)4/h5-21H2,1-4H3/q+1. The third-order valence-electron chi connectivity index (χ3n) is 4.51. The van der Waals surface area contributed by atoms with Gasteiger partial charge in [-0.15, -0.1) is 0 Å². The number of nitrogens with zero attached hydrogens (tertiary/aromatic N) is 1. The van der Waals surface area contributed by atoms with Gasteiger partial charge in [-0.3, -0.25) is 0 Å². The van der Waals surface area contributed by atoms with Gasteiger partial charge in [-0.1, -0.05) is 84.0 Å². The molecule has 0 aliphatic rings. The van der Waals surface area contributed by atoms with Crippen LogP contribution in [0.5, 0.6) is 0 Å². The second-order valence-corrected chi connectivity index (χ2v) is 8.22. The lowest BCUT2D eigenvalue weighted by Gasteiger charge is -2.23. The molecule has 2 heteroatoms. The van der Waals surface area contributed by atoms with Crippen LogP contribution in [0.3, 0.4) is 0 Å². The Morgan fingerprint density at radius 3 is 1.35 bits per heavy atom. The molecule has 0 heterocycles. The molecule has 140 valence electrons. The minimum Gasteiger partial charge on any atom is -0.381 e. The summed E-state index contributed by atoms with van der Waals surface area (Å²) in [4.78, 5) is 0. The highest BCUT2D eigenvalue weighted by molar-refractivity contribution is 4.49. The van der Waals surface area contributed by atoms with Crippen molar-refractivity contribution in [2.24, 2.45) is 0 Å². The zero-order chi connectivity index (χ0) is 17.2. The molecule has 0 aromatic heterocycles. The number of quaternary nitrogens is 1. The Bertz CT molecular complexity index is 222. The molecule has 23 heavy (non-hydrogen) atoms. The number of unbranched alkanes of at least 4 members (excludes halogenated alkanes) is 12. The van der Waals surface area contributed by atoms with E-state index in [9.17, 15) is 0 Å². The van der Waals surface area contributed by atoms with Crippen molar-refractivity contribution in [3.63, 3.8) is 0 Å². The van der Waals surface area contributed by atoms with Crippen molar-refractivity contribution in [3.8, 4) is 0 Å². The second kappa shape index (κ2) is 16.8. The average molecular weight is 329 g/mol. The van der Waals surface area contributed by atoms with E-state index in [4.69, 9.17) is 4.74 Å². The number of ether oxygens (including phenoxy) is 1. The smallest absolute Gasteiger partial charge is 0.0802 e. The quantitative estimate of drug-likeness (QED) is 0.215.